The molecule has 0 aromatic rings. The van der Waals surface area contributed by atoms with Gasteiger partial charge in [0.05, 0.1) is 5.41 Å². The number of allylic oxidation sites excluding steroid dienone is 2. The largest absolute Gasteiger partial charge is 0.481 e. The zero-order valence-electron chi connectivity index (χ0n) is 25.6. The summed E-state index contributed by atoms with van der Waals surface area (Å²) in [6.45, 7) is 17.0. The first-order chi connectivity index (χ1) is 18.1. The molecule has 5 fully saturated rings. The zero-order chi connectivity index (χ0) is 28.2. The van der Waals surface area contributed by atoms with Crippen molar-refractivity contribution >= 4 is 12.1 Å². The topological polar surface area (TPSA) is 75.6 Å². The lowest BCUT2D eigenvalue weighted by Gasteiger charge is -2.71. The minimum absolute atomic E-state index is 0.0423. The van der Waals surface area contributed by atoms with Crippen LogP contribution in [0.3, 0.4) is 0 Å². The van der Waals surface area contributed by atoms with Crippen molar-refractivity contribution in [3.8, 4) is 0 Å². The fraction of sp³-hybridized carbons (Fsp3) is 0.882. The second-order valence-electron chi connectivity index (χ2n) is 16.8. The minimum Gasteiger partial charge on any atom is -0.481 e. The van der Waals surface area contributed by atoms with Crippen LogP contribution in [0, 0.1) is 50.2 Å². The van der Waals surface area contributed by atoms with E-state index in [0.29, 0.717) is 17.9 Å². The predicted molar refractivity (Wildman–Crippen MR) is 153 cm³/mol. The van der Waals surface area contributed by atoms with Crippen molar-refractivity contribution in [3.63, 3.8) is 0 Å². The Kier molecular flexibility index (Phi) is 6.03. The standard InChI is InChI=1S/C34H53NO4/c1-29(2)16-18-34(27(36)37)19-17-32(6)22(23(34)20-29)10-11-25-31(5)14-13-26(39-28(38)35-21-8-9-21)30(3,4)24(31)12-15-33(25,32)7/h10,21,23-26H,8-9,11-20H2,1-7H3,(H,35,38)(H,36,37)/t23?,24?,25?,26-,31+,32-,33-,34+/m1/s1. The second kappa shape index (κ2) is 8.51. The lowest BCUT2D eigenvalue weighted by atomic mass is 9.33. The van der Waals surface area contributed by atoms with E-state index in [1.54, 1.807) is 0 Å². The van der Waals surface area contributed by atoms with Crippen LogP contribution >= 0.6 is 0 Å². The molecule has 0 saturated heterocycles. The Morgan fingerprint density at radius 2 is 1.56 bits per heavy atom. The molecule has 5 heteroatoms. The van der Waals surface area contributed by atoms with Crippen LogP contribution in [0.25, 0.3) is 0 Å². The third-order valence-electron chi connectivity index (χ3n) is 14.2. The van der Waals surface area contributed by atoms with E-state index in [1.165, 1.54) is 12.0 Å². The Morgan fingerprint density at radius 1 is 0.872 bits per heavy atom. The highest BCUT2D eigenvalue weighted by atomic mass is 16.6. The molecule has 0 radical (unpaired) electrons. The molecule has 5 saturated carbocycles. The van der Waals surface area contributed by atoms with Gasteiger partial charge >= 0.3 is 12.1 Å². The van der Waals surface area contributed by atoms with E-state index in [2.05, 4.69) is 59.9 Å². The number of hydrogen-bond donors (Lipinski definition) is 2. The molecule has 6 aliphatic carbocycles. The van der Waals surface area contributed by atoms with Gasteiger partial charge in [-0.3, -0.25) is 4.79 Å². The SMILES string of the molecule is CC1(C)CC[C@]2(C(=O)O)CC[C@]3(C)C(=CCC4[C@@]5(C)CC[C@@H](OC(=O)NC6CC6)C(C)(C)C5CC[C@]43C)C2C1. The number of nitrogens with one attached hydrogen (secondary N) is 1. The van der Waals surface area contributed by atoms with Gasteiger partial charge < -0.3 is 15.2 Å². The van der Waals surface area contributed by atoms with Crippen LogP contribution in [-0.2, 0) is 9.53 Å². The number of fused-ring (bicyclic) bond motifs is 7. The number of carboxylic acid groups (broad SMARTS) is 1. The number of rotatable bonds is 3. The van der Waals surface area contributed by atoms with Crippen LogP contribution in [-0.4, -0.2) is 29.3 Å². The number of alkyl carbamates (subject to hydrolysis) is 1. The van der Waals surface area contributed by atoms with Gasteiger partial charge in [0.25, 0.3) is 0 Å². The normalized spacial score (nSPS) is 47.8. The first-order valence-electron chi connectivity index (χ1n) is 16.0. The molecule has 3 unspecified atom stereocenters. The Hall–Kier alpha value is -1.52. The van der Waals surface area contributed by atoms with Crippen molar-refractivity contribution in [1.82, 2.24) is 5.32 Å². The van der Waals surface area contributed by atoms with E-state index < -0.39 is 11.4 Å². The molecule has 8 atom stereocenters. The summed E-state index contributed by atoms with van der Waals surface area (Å²) in [5.74, 6) is 0.669. The van der Waals surface area contributed by atoms with Gasteiger partial charge in [-0.2, -0.15) is 0 Å². The highest BCUT2D eigenvalue weighted by molar-refractivity contribution is 5.76. The molecule has 0 aromatic carbocycles. The number of hydrogen-bond acceptors (Lipinski definition) is 3. The highest BCUT2D eigenvalue weighted by Crippen LogP contribution is 2.75. The molecule has 39 heavy (non-hydrogen) atoms. The summed E-state index contributed by atoms with van der Waals surface area (Å²) in [6.07, 6.45) is 14.5. The van der Waals surface area contributed by atoms with Gasteiger partial charge in [0.1, 0.15) is 6.10 Å². The molecule has 0 bridgehead atoms. The summed E-state index contributed by atoms with van der Waals surface area (Å²) in [7, 11) is 0. The van der Waals surface area contributed by atoms with E-state index in [-0.39, 0.29) is 45.2 Å². The highest BCUT2D eigenvalue weighted by Gasteiger charge is 2.69. The Morgan fingerprint density at radius 3 is 2.23 bits per heavy atom. The monoisotopic (exact) mass is 539 g/mol. The maximum absolute atomic E-state index is 12.9. The minimum atomic E-state index is -0.580. The van der Waals surface area contributed by atoms with Gasteiger partial charge in [-0.05, 0) is 116 Å². The molecule has 218 valence electrons. The van der Waals surface area contributed by atoms with Crippen molar-refractivity contribution in [2.75, 3.05) is 0 Å². The van der Waals surface area contributed by atoms with Crippen LogP contribution < -0.4 is 5.32 Å². The lowest BCUT2D eigenvalue weighted by molar-refractivity contribution is -0.205. The lowest BCUT2D eigenvalue weighted by Crippen LogP contribution is -2.65. The van der Waals surface area contributed by atoms with E-state index in [1.807, 2.05) is 0 Å². The van der Waals surface area contributed by atoms with Crippen molar-refractivity contribution in [1.29, 1.82) is 0 Å². The summed E-state index contributed by atoms with van der Waals surface area (Å²) >= 11 is 0. The number of carboxylic acids is 1. The van der Waals surface area contributed by atoms with Gasteiger partial charge in [-0.25, -0.2) is 4.79 Å². The third kappa shape index (κ3) is 3.83. The van der Waals surface area contributed by atoms with Crippen LogP contribution in [0.1, 0.15) is 126 Å². The predicted octanol–water partition coefficient (Wildman–Crippen LogP) is 8.13. The molecule has 0 spiro atoms. The fourth-order valence-electron chi connectivity index (χ4n) is 11.4. The van der Waals surface area contributed by atoms with Crippen LogP contribution in [0.4, 0.5) is 4.79 Å². The van der Waals surface area contributed by atoms with Gasteiger partial charge in [0.15, 0.2) is 0 Å². The quantitative estimate of drug-likeness (QED) is 0.355. The van der Waals surface area contributed by atoms with Crippen LogP contribution in [0.5, 0.6) is 0 Å². The van der Waals surface area contributed by atoms with E-state index >= 15 is 0 Å². The molecule has 6 aliphatic rings. The first-order valence-corrected chi connectivity index (χ1v) is 16.0. The average Bonchev–Trinajstić information content (AvgIpc) is 3.65. The molecule has 0 aromatic heterocycles. The van der Waals surface area contributed by atoms with Crippen LogP contribution in [0.2, 0.25) is 0 Å². The maximum Gasteiger partial charge on any atom is 0.407 e. The third-order valence-corrected chi connectivity index (χ3v) is 14.2. The van der Waals surface area contributed by atoms with E-state index in [4.69, 9.17) is 4.74 Å². The summed E-state index contributed by atoms with van der Waals surface area (Å²) in [4.78, 5) is 25.5. The summed E-state index contributed by atoms with van der Waals surface area (Å²) in [6, 6.07) is 0.318. The number of carbonyl (C=O) groups excluding carboxylic acids is 1. The van der Waals surface area contributed by atoms with Gasteiger partial charge in [0, 0.05) is 11.5 Å². The molecule has 5 nitrogen and oxygen atoms in total. The maximum atomic E-state index is 12.9. The molecule has 0 aliphatic heterocycles. The van der Waals surface area contributed by atoms with Crippen molar-refractivity contribution in [2.24, 2.45) is 50.2 Å². The Labute approximate surface area is 236 Å². The first kappa shape index (κ1) is 27.6. The van der Waals surface area contributed by atoms with Crippen molar-refractivity contribution in [2.45, 2.75) is 138 Å². The number of ether oxygens (including phenoxy) is 1. The summed E-state index contributed by atoms with van der Waals surface area (Å²) in [5, 5.41) is 13.6. The van der Waals surface area contributed by atoms with E-state index in [0.717, 1.165) is 70.6 Å². The van der Waals surface area contributed by atoms with Gasteiger partial charge in [-0.15, -0.1) is 0 Å². The molecule has 6 rings (SSSR count). The Balaban J connectivity index is 1.32. The number of amides is 1. The fourth-order valence-corrected chi connectivity index (χ4v) is 11.4. The Bertz CT molecular complexity index is 1090. The van der Waals surface area contributed by atoms with Crippen molar-refractivity contribution in [3.05, 3.63) is 11.6 Å². The molecular formula is C34H53NO4. The second-order valence-corrected chi connectivity index (χ2v) is 16.8. The smallest absolute Gasteiger partial charge is 0.407 e. The molecular weight excluding hydrogens is 486 g/mol. The summed E-state index contributed by atoms with van der Waals surface area (Å²) < 4.78 is 6.11. The van der Waals surface area contributed by atoms with E-state index in [9.17, 15) is 14.7 Å². The van der Waals surface area contributed by atoms with Crippen LogP contribution in [0.15, 0.2) is 11.6 Å². The average molecular weight is 540 g/mol. The van der Waals surface area contributed by atoms with Crippen molar-refractivity contribution < 1.29 is 19.4 Å². The zero-order valence-corrected chi connectivity index (χ0v) is 25.6. The van der Waals surface area contributed by atoms with Gasteiger partial charge in [-0.1, -0.05) is 60.1 Å². The molecule has 2 N–H and O–H groups in total. The molecule has 1 amide bonds. The van der Waals surface area contributed by atoms with Gasteiger partial charge in [0.2, 0.25) is 0 Å². The number of carbonyl (C=O) groups is 2. The summed E-state index contributed by atoms with van der Waals surface area (Å²) in [5.41, 5.74) is 1.42. The number of aliphatic carboxylic acids is 1. The molecule has 0 heterocycles.